The molecule has 0 saturated carbocycles. The fourth-order valence-electron chi connectivity index (χ4n) is 5.61. The maximum Gasteiger partial charge on any atom is 0.247 e. The summed E-state index contributed by atoms with van der Waals surface area (Å²) in [6.07, 6.45) is 3.85. The van der Waals surface area contributed by atoms with Gasteiger partial charge in [0.1, 0.15) is 6.04 Å². The predicted molar refractivity (Wildman–Crippen MR) is 171 cm³/mol. The Morgan fingerprint density at radius 1 is 1.12 bits per heavy atom. The Balaban J connectivity index is 1.43. The Morgan fingerprint density at radius 3 is 2.56 bits per heavy atom. The summed E-state index contributed by atoms with van der Waals surface area (Å²) in [7, 11) is 2.10. The van der Waals surface area contributed by atoms with Gasteiger partial charge in [-0.25, -0.2) is 4.98 Å². The number of carbonyl (C=O) groups is 3. The van der Waals surface area contributed by atoms with Crippen LogP contribution in [0.3, 0.4) is 0 Å². The largest absolute Gasteiger partial charge is 0.381 e. The van der Waals surface area contributed by atoms with Crippen LogP contribution in [-0.2, 0) is 32.0 Å². The molecule has 2 atom stereocenters. The second kappa shape index (κ2) is 16.3. The maximum absolute atomic E-state index is 13.8. The van der Waals surface area contributed by atoms with E-state index in [1.54, 1.807) is 11.3 Å². The zero-order chi connectivity index (χ0) is 30.8. The molecule has 0 spiro atoms. The van der Waals surface area contributed by atoms with Crippen molar-refractivity contribution < 1.29 is 19.1 Å². The van der Waals surface area contributed by atoms with Crippen molar-refractivity contribution in [2.45, 2.75) is 64.5 Å². The Hall–Kier alpha value is -2.86. The molecule has 2 fully saturated rings. The number of fused-ring (bicyclic) bond motifs is 1. The summed E-state index contributed by atoms with van der Waals surface area (Å²) < 4.78 is 6.65. The molecule has 2 aromatic rings. The molecular formula is C32H48N6O4S. The Bertz CT molecular complexity index is 1250. The molecule has 0 radical (unpaired) electrons. The normalized spacial score (nSPS) is 18.2. The Morgan fingerprint density at radius 2 is 1.86 bits per heavy atom. The first-order valence-corrected chi connectivity index (χ1v) is 16.5. The Kier molecular flexibility index (Phi) is 12.5. The third-order valence-corrected chi connectivity index (χ3v) is 9.43. The summed E-state index contributed by atoms with van der Waals surface area (Å²) in [6.45, 7) is 13.9. The van der Waals surface area contributed by atoms with Gasteiger partial charge in [-0.1, -0.05) is 26.5 Å². The minimum Gasteiger partial charge on any atom is -0.381 e. The van der Waals surface area contributed by atoms with Gasteiger partial charge in [0.05, 0.1) is 15.2 Å². The highest BCUT2D eigenvalue weighted by Crippen LogP contribution is 2.25. The molecule has 2 aliphatic heterocycles. The average Bonchev–Trinajstić information content (AvgIpc) is 3.41. The molecule has 2 saturated heterocycles. The molecule has 236 valence electrons. The standard InChI is InChI=1S/C32H48N6O4S/c1-5-7-29(39)34-26(19-30-35-25-9-8-23(6-2)18-28(25)43-30)32(41)36-27(24-10-16-42-17-11-24)20-33-31(40)22(3)21-38-14-12-37(4)13-15-38/h8-9,18,24,26-27H,3,5-7,10-17,19-21H2,1-2,4H3,(H,33,40)(H,34,39)(H,36,41)/t26-,27+/m0/s1. The molecule has 0 aliphatic carbocycles. The van der Waals surface area contributed by atoms with E-state index in [0.717, 1.165) is 60.7 Å². The summed E-state index contributed by atoms with van der Waals surface area (Å²) in [5.41, 5.74) is 2.66. The summed E-state index contributed by atoms with van der Waals surface area (Å²) >= 11 is 1.56. The van der Waals surface area contributed by atoms with Gasteiger partial charge in [-0.2, -0.15) is 0 Å². The first-order chi connectivity index (χ1) is 20.7. The highest BCUT2D eigenvalue weighted by molar-refractivity contribution is 7.18. The van der Waals surface area contributed by atoms with E-state index in [-0.39, 0.29) is 36.2 Å². The number of nitrogens with one attached hydrogen (secondary N) is 3. The van der Waals surface area contributed by atoms with Crippen LogP contribution < -0.4 is 16.0 Å². The number of aryl methyl sites for hydroxylation is 1. The second-order valence-electron chi connectivity index (χ2n) is 11.8. The zero-order valence-electron chi connectivity index (χ0n) is 26.0. The number of hydrogen-bond acceptors (Lipinski definition) is 8. The van der Waals surface area contributed by atoms with Crippen molar-refractivity contribution in [3.05, 3.63) is 40.9 Å². The van der Waals surface area contributed by atoms with Crippen LogP contribution in [0.25, 0.3) is 10.2 Å². The van der Waals surface area contributed by atoms with Gasteiger partial charge in [0.2, 0.25) is 17.7 Å². The number of hydrogen-bond donors (Lipinski definition) is 3. The quantitative estimate of drug-likeness (QED) is 0.281. The van der Waals surface area contributed by atoms with Gasteiger partial charge in [-0.15, -0.1) is 11.3 Å². The van der Waals surface area contributed by atoms with E-state index in [2.05, 4.69) is 58.4 Å². The fourth-order valence-corrected chi connectivity index (χ4v) is 6.69. The lowest BCUT2D eigenvalue weighted by atomic mass is 9.91. The van der Waals surface area contributed by atoms with E-state index in [9.17, 15) is 14.4 Å². The first-order valence-electron chi connectivity index (χ1n) is 15.7. The van der Waals surface area contributed by atoms with Crippen molar-refractivity contribution in [1.29, 1.82) is 0 Å². The number of thiazole rings is 1. The van der Waals surface area contributed by atoms with Crippen LogP contribution in [0.1, 0.15) is 50.1 Å². The van der Waals surface area contributed by atoms with Gasteiger partial charge in [0.25, 0.3) is 0 Å². The summed E-state index contributed by atoms with van der Waals surface area (Å²) in [6, 6.07) is 5.16. The first kappa shape index (κ1) is 33.0. The summed E-state index contributed by atoms with van der Waals surface area (Å²) in [5, 5.41) is 9.98. The van der Waals surface area contributed by atoms with Crippen molar-refractivity contribution in [3.8, 4) is 0 Å². The van der Waals surface area contributed by atoms with E-state index in [1.807, 2.05) is 13.0 Å². The molecule has 1 aromatic heterocycles. The lowest BCUT2D eigenvalue weighted by Crippen LogP contribution is -2.55. The van der Waals surface area contributed by atoms with E-state index in [4.69, 9.17) is 9.72 Å². The minimum atomic E-state index is -0.768. The monoisotopic (exact) mass is 612 g/mol. The number of aromatic nitrogens is 1. The molecule has 0 bridgehead atoms. The molecule has 1 aromatic carbocycles. The maximum atomic E-state index is 13.8. The fraction of sp³-hybridized carbons (Fsp3) is 0.625. The molecule has 0 unspecified atom stereocenters. The average molecular weight is 613 g/mol. The lowest BCUT2D eigenvalue weighted by molar-refractivity contribution is -0.130. The molecule has 2 aliphatic rings. The van der Waals surface area contributed by atoms with E-state index < -0.39 is 6.04 Å². The number of likely N-dealkylation sites (N-methyl/N-ethyl adjacent to an activating group) is 1. The Labute approximate surface area is 259 Å². The van der Waals surface area contributed by atoms with Crippen molar-refractivity contribution in [1.82, 2.24) is 30.7 Å². The minimum absolute atomic E-state index is 0.144. The van der Waals surface area contributed by atoms with Crippen molar-refractivity contribution in [2.75, 3.05) is 59.5 Å². The third-order valence-electron chi connectivity index (χ3n) is 8.39. The third kappa shape index (κ3) is 9.82. The predicted octanol–water partition coefficient (Wildman–Crippen LogP) is 2.52. The number of amides is 3. The van der Waals surface area contributed by atoms with Gasteiger partial charge in [0, 0.05) is 76.9 Å². The summed E-state index contributed by atoms with van der Waals surface area (Å²) in [4.78, 5) is 48.8. The molecule has 3 amide bonds. The van der Waals surface area contributed by atoms with Crippen molar-refractivity contribution in [2.24, 2.45) is 5.92 Å². The number of benzene rings is 1. The van der Waals surface area contributed by atoms with Gasteiger partial charge >= 0.3 is 0 Å². The van der Waals surface area contributed by atoms with Crippen LogP contribution in [-0.4, -0.2) is 104 Å². The number of ether oxygens (including phenoxy) is 1. The van der Waals surface area contributed by atoms with Crippen molar-refractivity contribution >= 4 is 39.3 Å². The highest BCUT2D eigenvalue weighted by Gasteiger charge is 2.30. The SMILES string of the molecule is C=C(CN1CCN(C)CC1)C(=O)NC[C@@H](NC(=O)[C@H](Cc1nc2ccc(CC)cc2s1)NC(=O)CCC)C1CCOCC1. The van der Waals surface area contributed by atoms with Gasteiger partial charge < -0.3 is 25.6 Å². The molecule has 11 heteroatoms. The topological polar surface area (TPSA) is 116 Å². The van der Waals surface area contributed by atoms with Crippen LogP contribution in [0.5, 0.6) is 0 Å². The van der Waals surface area contributed by atoms with Crippen LogP contribution in [0, 0.1) is 5.92 Å². The molecule has 3 heterocycles. The van der Waals surface area contributed by atoms with Gasteiger partial charge in [-0.3, -0.25) is 19.3 Å². The highest BCUT2D eigenvalue weighted by atomic mass is 32.1. The number of carbonyl (C=O) groups excluding carboxylic acids is 3. The second-order valence-corrected chi connectivity index (χ2v) is 12.9. The molecule has 4 rings (SSSR count). The van der Waals surface area contributed by atoms with Crippen LogP contribution >= 0.6 is 11.3 Å². The van der Waals surface area contributed by atoms with E-state index in [0.29, 0.717) is 44.6 Å². The number of rotatable bonds is 14. The van der Waals surface area contributed by atoms with Crippen LogP contribution in [0.2, 0.25) is 0 Å². The molecular weight excluding hydrogens is 564 g/mol. The van der Waals surface area contributed by atoms with Crippen LogP contribution in [0.4, 0.5) is 0 Å². The van der Waals surface area contributed by atoms with Gasteiger partial charge in [0.15, 0.2) is 0 Å². The lowest BCUT2D eigenvalue weighted by Gasteiger charge is -2.33. The smallest absolute Gasteiger partial charge is 0.247 e. The number of piperazine rings is 1. The molecule has 10 nitrogen and oxygen atoms in total. The molecule has 43 heavy (non-hydrogen) atoms. The summed E-state index contributed by atoms with van der Waals surface area (Å²) in [5.74, 6) is -0.474. The van der Waals surface area contributed by atoms with E-state index in [1.165, 1.54) is 5.56 Å². The molecule has 3 N–H and O–H groups in total. The van der Waals surface area contributed by atoms with E-state index >= 15 is 0 Å². The van der Waals surface area contributed by atoms with Crippen molar-refractivity contribution in [3.63, 3.8) is 0 Å². The zero-order valence-corrected chi connectivity index (χ0v) is 26.8. The van der Waals surface area contributed by atoms with Crippen LogP contribution in [0.15, 0.2) is 30.4 Å². The van der Waals surface area contributed by atoms with Gasteiger partial charge in [-0.05, 0) is 56.3 Å². The number of nitrogens with zero attached hydrogens (tertiary/aromatic N) is 3.